The Bertz CT molecular complexity index is 490. The van der Waals surface area contributed by atoms with Gasteiger partial charge in [0.2, 0.25) is 5.91 Å². The van der Waals surface area contributed by atoms with E-state index in [2.05, 4.69) is 17.4 Å². The van der Waals surface area contributed by atoms with E-state index in [4.69, 9.17) is 9.47 Å². The number of hydrogen-bond acceptors (Lipinski definition) is 3. The molecule has 1 aromatic carbocycles. The van der Waals surface area contributed by atoms with Crippen LogP contribution >= 0.6 is 0 Å². The average Bonchev–Trinajstić information content (AvgIpc) is 3.26. The summed E-state index contributed by atoms with van der Waals surface area (Å²) in [4.78, 5) is 12.2. The summed E-state index contributed by atoms with van der Waals surface area (Å²) >= 11 is 0. The van der Waals surface area contributed by atoms with E-state index in [0.717, 1.165) is 25.2 Å². The zero-order valence-electron chi connectivity index (χ0n) is 13.2. The van der Waals surface area contributed by atoms with Crippen molar-refractivity contribution in [3.63, 3.8) is 0 Å². The monoisotopic (exact) mass is 303 g/mol. The SMILES string of the molecule is COc1ccc(C(CC(=O)NCC2CCCO2)C2CC2)cc1. The van der Waals surface area contributed by atoms with E-state index in [0.29, 0.717) is 24.8 Å². The molecule has 1 aromatic rings. The van der Waals surface area contributed by atoms with Crippen LogP contribution in [0.2, 0.25) is 0 Å². The summed E-state index contributed by atoms with van der Waals surface area (Å²) in [6, 6.07) is 8.15. The third-order valence-electron chi connectivity index (χ3n) is 4.69. The summed E-state index contributed by atoms with van der Waals surface area (Å²) in [5, 5.41) is 3.04. The molecular formula is C18H25NO3. The van der Waals surface area contributed by atoms with Crippen LogP contribution in [0.3, 0.4) is 0 Å². The van der Waals surface area contributed by atoms with Gasteiger partial charge in [-0.25, -0.2) is 0 Å². The van der Waals surface area contributed by atoms with Crippen molar-refractivity contribution in [1.29, 1.82) is 0 Å². The molecule has 120 valence electrons. The second-order valence-corrected chi connectivity index (χ2v) is 6.36. The van der Waals surface area contributed by atoms with E-state index < -0.39 is 0 Å². The topological polar surface area (TPSA) is 47.6 Å². The number of amides is 1. The van der Waals surface area contributed by atoms with Gasteiger partial charge >= 0.3 is 0 Å². The van der Waals surface area contributed by atoms with Gasteiger partial charge < -0.3 is 14.8 Å². The second kappa shape index (κ2) is 7.14. The molecule has 1 saturated carbocycles. The molecule has 2 aliphatic rings. The zero-order chi connectivity index (χ0) is 15.4. The van der Waals surface area contributed by atoms with Crippen LogP contribution in [-0.4, -0.2) is 32.3 Å². The Morgan fingerprint density at radius 2 is 2.09 bits per heavy atom. The van der Waals surface area contributed by atoms with Crippen molar-refractivity contribution >= 4 is 5.91 Å². The lowest BCUT2D eigenvalue weighted by Crippen LogP contribution is -2.32. The van der Waals surface area contributed by atoms with Gasteiger partial charge in [0.1, 0.15) is 5.75 Å². The number of nitrogens with one attached hydrogen (secondary N) is 1. The van der Waals surface area contributed by atoms with Crippen molar-refractivity contribution in [3.05, 3.63) is 29.8 Å². The van der Waals surface area contributed by atoms with Crippen LogP contribution in [0.25, 0.3) is 0 Å². The summed E-state index contributed by atoms with van der Waals surface area (Å²) in [5.74, 6) is 1.99. The molecule has 2 unspecified atom stereocenters. The van der Waals surface area contributed by atoms with E-state index >= 15 is 0 Å². The number of hydrogen-bond donors (Lipinski definition) is 1. The molecule has 1 amide bonds. The maximum atomic E-state index is 12.2. The predicted octanol–water partition coefficient (Wildman–Crippen LogP) is 2.87. The fourth-order valence-electron chi connectivity index (χ4n) is 3.21. The van der Waals surface area contributed by atoms with Crippen molar-refractivity contribution in [1.82, 2.24) is 5.32 Å². The Labute approximate surface area is 132 Å². The third-order valence-corrected chi connectivity index (χ3v) is 4.69. The smallest absolute Gasteiger partial charge is 0.220 e. The van der Waals surface area contributed by atoms with Crippen LogP contribution in [-0.2, 0) is 9.53 Å². The predicted molar refractivity (Wildman–Crippen MR) is 85.1 cm³/mol. The van der Waals surface area contributed by atoms with Crippen LogP contribution in [0, 0.1) is 5.92 Å². The molecule has 2 atom stereocenters. The minimum atomic E-state index is 0.142. The van der Waals surface area contributed by atoms with Gasteiger partial charge in [0.15, 0.2) is 0 Å². The Kier molecular flexibility index (Phi) is 4.98. The number of carbonyl (C=O) groups excluding carboxylic acids is 1. The molecule has 0 bridgehead atoms. The van der Waals surface area contributed by atoms with Gasteiger partial charge in [0, 0.05) is 19.6 Å². The van der Waals surface area contributed by atoms with Gasteiger partial charge in [-0.3, -0.25) is 4.79 Å². The van der Waals surface area contributed by atoms with Crippen molar-refractivity contribution in [3.8, 4) is 5.75 Å². The Hall–Kier alpha value is -1.55. The van der Waals surface area contributed by atoms with E-state index in [1.807, 2.05) is 12.1 Å². The first-order valence-corrected chi connectivity index (χ1v) is 8.28. The summed E-state index contributed by atoms with van der Waals surface area (Å²) in [5.41, 5.74) is 1.25. The minimum Gasteiger partial charge on any atom is -0.497 e. The van der Waals surface area contributed by atoms with Gasteiger partial charge in [-0.15, -0.1) is 0 Å². The van der Waals surface area contributed by atoms with Crippen molar-refractivity contribution < 1.29 is 14.3 Å². The van der Waals surface area contributed by atoms with Crippen LogP contribution in [0.4, 0.5) is 0 Å². The molecule has 1 heterocycles. The highest BCUT2D eigenvalue weighted by atomic mass is 16.5. The summed E-state index contributed by atoms with van der Waals surface area (Å²) in [6.45, 7) is 1.48. The summed E-state index contributed by atoms with van der Waals surface area (Å²) < 4.78 is 10.8. The molecule has 4 heteroatoms. The first-order chi connectivity index (χ1) is 10.8. The van der Waals surface area contributed by atoms with E-state index in [1.54, 1.807) is 7.11 Å². The lowest BCUT2D eigenvalue weighted by molar-refractivity contribution is -0.122. The molecule has 2 fully saturated rings. The third kappa shape index (κ3) is 4.01. The van der Waals surface area contributed by atoms with E-state index in [1.165, 1.54) is 18.4 Å². The number of benzene rings is 1. The van der Waals surface area contributed by atoms with Crippen LogP contribution in [0.5, 0.6) is 5.75 Å². The highest BCUT2D eigenvalue weighted by Gasteiger charge is 2.33. The molecule has 0 spiro atoms. The molecule has 3 rings (SSSR count). The number of carbonyl (C=O) groups is 1. The summed E-state index contributed by atoms with van der Waals surface area (Å²) in [7, 11) is 1.67. The standard InChI is InChI=1S/C18H25NO3/c1-21-15-8-6-14(7-9-15)17(13-4-5-13)11-18(20)19-12-16-3-2-10-22-16/h6-9,13,16-17H,2-5,10-12H2,1H3,(H,19,20). The maximum Gasteiger partial charge on any atom is 0.220 e. The van der Waals surface area contributed by atoms with Crippen molar-refractivity contribution in [2.24, 2.45) is 5.92 Å². The first-order valence-electron chi connectivity index (χ1n) is 8.28. The number of rotatable bonds is 7. The van der Waals surface area contributed by atoms with Crippen molar-refractivity contribution in [2.45, 2.75) is 44.1 Å². The van der Waals surface area contributed by atoms with Crippen LogP contribution in [0.1, 0.15) is 43.6 Å². The Morgan fingerprint density at radius 3 is 2.68 bits per heavy atom. The molecule has 0 aromatic heterocycles. The molecule has 1 saturated heterocycles. The molecule has 1 aliphatic carbocycles. The maximum absolute atomic E-state index is 12.2. The van der Waals surface area contributed by atoms with Gasteiger partial charge in [-0.2, -0.15) is 0 Å². The van der Waals surface area contributed by atoms with Gasteiger partial charge in [-0.1, -0.05) is 12.1 Å². The van der Waals surface area contributed by atoms with Crippen LogP contribution in [0.15, 0.2) is 24.3 Å². The van der Waals surface area contributed by atoms with Gasteiger partial charge in [0.25, 0.3) is 0 Å². The van der Waals surface area contributed by atoms with Crippen molar-refractivity contribution in [2.75, 3.05) is 20.3 Å². The largest absolute Gasteiger partial charge is 0.497 e. The van der Waals surface area contributed by atoms with E-state index in [9.17, 15) is 4.79 Å². The summed E-state index contributed by atoms with van der Waals surface area (Å²) in [6.07, 6.45) is 5.42. The lowest BCUT2D eigenvalue weighted by Gasteiger charge is -2.18. The molecule has 1 aliphatic heterocycles. The number of ether oxygens (including phenoxy) is 2. The fourth-order valence-corrected chi connectivity index (χ4v) is 3.21. The minimum absolute atomic E-state index is 0.142. The van der Waals surface area contributed by atoms with E-state index in [-0.39, 0.29) is 12.0 Å². The molecule has 0 radical (unpaired) electrons. The quantitative estimate of drug-likeness (QED) is 0.842. The molecular weight excluding hydrogens is 278 g/mol. The highest BCUT2D eigenvalue weighted by molar-refractivity contribution is 5.77. The molecule has 22 heavy (non-hydrogen) atoms. The molecule has 4 nitrogen and oxygen atoms in total. The first kappa shape index (κ1) is 15.3. The fraction of sp³-hybridized carbons (Fsp3) is 0.611. The van der Waals surface area contributed by atoms with Crippen LogP contribution < -0.4 is 10.1 Å². The zero-order valence-corrected chi connectivity index (χ0v) is 13.2. The Morgan fingerprint density at radius 1 is 1.32 bits per heavy atom. The molecule has 1 N–H and O–H groups in total. The Balaban J connectivity index is 1.55. The normalized spacial score (nSPS) is 22.3. The highest BCUT2D eigenvalue weighted by Crippen LogP contribution is 2.44. The second-order valence-electron chi connectivity index (χ2n) is 6.36. The lowest BCUT2D eigenvalue weighted by atomic mass is 9.90. The number of methoxy groups -OCH3 is 1. The average molecular weight is 303 g/mol. The van der Waals surface area contributed by atoms with Gasteiger partial charge in [0.05, 0.1) is 13.2 Å². The van der Waals surface area contributed by atoms with Gasteiger partial charge in [-0.05, 0) is 55.2 Å².